The Morgan fingerprint density at radius 1 is 1.45 bits per heavy atom. The summed E-state index contributed by atoms with van der Waals surface area (Å²) in [5, 5.41) is 8.97. The van der Waals surface area contributed by atoms with E-state index in [0.717, 1.165) is 18.8 Å². The minimum absolute atomic E-state index is 0.0586. The molecule has 108 valence electrons. The maximum Gasteiger partial charge on any atom is 0.358 e. The van der Waals surface area contributed by atoms with Gasteiger partial charge < -0.3 is 15.4 Å². The molecule has 20 heavy (non-hydrogen) atoms. The lowest BCUT2D eigenvalue weighted by Gasteiger charge is -2.32. The molecular weight excluding hydrogens is 262 g/mol. The van der Waals surface area contributed by atoms with Crippen molar-refractivity contribution in [1.82, 2.24) is 0 Å². The Morgan fingerprint density at radius 3 is 2.60 bits per heavy atom. The maximum absolute atomic E-state index is 11.1. The van der Waals surface area contributed by atoms with E-state index in [4.69, 9.17) is 15.7 Å². The number of nitrogens with two attached hydrogens (primary N) is 1. The molecule has 3 N–H and O–H groups in total. The quantitative estimate of drug-likeness (QED) is 0.808. The van der Waals surface area contributed by atoms with Gasteiger partial charge in [0.25, 0.3) is 4.92 Å². The molecule has 1 aliphatic rings. The highest BCUT2D eigenvalue weighted by molar-refractivity contribution is 5.77. The lowest BCUT2D eigenvalue weighted by Crippen LogP contribution is -2.38. The second-order valence-corrected chi connectivity index (χ2v) is 4.79. The number of anilines is 1. The van der Waals surface area contributed by atoms with Crippen LogP contribution in [-0.2, 0) is 4.79 Å². The fourth-order valence-corrected chi connectivity index (χ4v) is 2.44. The highest BCUT2D eigenvalue weighted by atomic mass is 16.6. The van der Waals surface area contributed by atoms with Crippen molar-refractivity contribution in [3.8, 4) is 5.75 Å². The fraction of sp³-hybridized carbons (Fsp3) is 0.462. The highest BCUT2D eigenvalue weighted by Crippen LogP contribution is 2.32. The van der Waals surface area contributed by atoms with Gasteiger partial charge in [-0.1, -0.05) is 0 Å². The number of nitrogens with zero attached hydrogens (tertiary/aromatic N) is 2. The van der Waals surface area contributed by atoms with Gasteiger partial charge in [0.1, 0.15) is 0 Å². The molecular formula is C13H18N3O4+. The molecule has 0 atom stereocenters. The number of ether oxygens (including phenoxy) is 1. The summed E-state index contributed by atoms with van der Waals surface area (Å²) in [5.41, 5.74) is 6.25. The van der Waals surface area contributed by atoms with Crippen LogP contribution in [0.2, 0.25) is 0 Å². The highest BCUT2D eigenvalue weighted by Gasteiger charge is 2.25. The predicted octanol–water partition coefficient (Wildman–Crippen LogP) is 1.20. The van der Waals surface area contributed by atoms with Crippen molar-refractivity contribution in [2.75, 3.05) is 25.1 Å². The molecule has 0 unspecified atom stereocenters. The third-order valence-corrected chi connectivity index (χ3v) is 3.63. The van der Waals surface area contributed by atoms with Gasteiger partial charge in [0, 0.05) is 36.8 Å². The number of hydrogen-bond donors (Lipinski definition) is 2. The summed E-state index contributed by atoms with van der Waals surface area (Å²) in [6.07, 6.45) is 1.43. The number of piperidine rings is 1. The number of carbonyl (C=O) groups is 1. The molecule has 1 aliphatic heterocycles. The molecule has 1 aromatic carbocycles. The lowest BCUT2D eigenvalue weighted by atomic mass is 9.96. The number of primary amides is 1. The molecule has 0 aliphatic carbocycles. The first-order chi connectivity index (χ1) is 9.52. The topological polar surface area (TPSA) is 95.9 Å². The molecule has 0 saturated carbocycles. The minimum Gasteiger partial charge on any atom is -0.490 e. The maximum atomic E-state index is 11.1. The Labute approximate surface area is 116 Å². The van der Waals surface area contributed by atoms with Crippen molar-refractivity contribution in [3.63, 3.8) is 0 Å². The zero-order valence-corrected chi connectivity index (χ0v) is 11.3. The van der Waals surface area contributed by atoms with Crippen molar-refractivity contribution < 1.29 is 19.7 Å². The molecule has 2 rings (SSSR count). The van der Waals surface area contributed by atoms with Crippen molar-refractivity contribution in [3.05, 3.63) is 23.1 Å². The van der Waals surface area contributed by atoms with E-state index in [1.54, 1.807) is 12.1 Å². The van der Waals surface area contributed by atoms with Crippen molar-refractivity contribution in [2.45, 2.75) is 12.8 Å². The van der Waals surface area contributed by atoms with E-state index in [1.807, 2.05) is 0 Å². The molecule has 1 aromatic rings. The molecule has 1 saturated heterocycles. The lowest BCUT2D eigenvalue weighted by molar-refractivity contribution is -0.730. The van der Waals surface area contributed by atoms with Crippen molar-refractivity contribution in [1.29, 1.82) is 0 Å². The van der Waals surface area contributed by atoms with E-state index >= 15 is 0 Å². The van der Waals surface area contributed by atoms with Gasteiger partial charge in [-0.3, -0.25) is 4.79 Å². The summed E-state index contributed by atoms with van der Waals surface area (Å²) < 4.78 is 5.10. The van der Waals surface area contributed by atoms with Crippen LogP contribution in [0.5, 0.6) is 5.75 Å². The normalized spacial score (nSPS) is 15.9. The molecule has 1 heterocycles. The Balaban J connectivity index is 2.14. The smallest absolute Gasteiger partial charge is 0.358 e. The van der Waals surface area contributed by atoms with Crippen molar-refractivity contribution >= 4 is 17.3 Å². The van der Waals surface area contributed by atoms with Gasteiger partial charge in [0.05, 0.1) is 12.0 Å². The summed E-state index contributed by atoms with van der Waals surface area (Å²) >= 11 is 0. The molecule has 0 bridgehead atoms. The van der Waals surface area contributed by atoms with Crippen LogP contribution in [0.1, 0.15) is 12.8 Å². The van der Waals surface area contributed by atoms with E-state index < -0.39 is 0 Å². The standard InChI is InChI=1S/C13H17N3O4/c1-20-12-8-10(2-3-11(12)16(18)19)15-6-4-9(5-7-15)13(14)17/h2-3,8-9H,4-7H2,1H3,(H2-,14,17,18,19)/p+1. The van der Waals surface area contributed by atoms with Gasteiger partial charge >= 0.3 is 5.69 Å². The Morgan fingerprint density at radius 2 is 2.10 bits per heavy atom. The van der Waals surface area contributed by atoms with Gasteiger partial charge in [-0.15, -0.1) is 0 Å². The third kappa shape index (κ3) is 2.81. The number of amides is 1. The van der Waals surface area contributed by atoms with E-state index in [2.05, 4.69) is 4.90 Å². The average Bonchev–Trinajstić information content (AvgIpc) is 2.46. The van der Waals surface area contributed by atoms with Crippen LogP contribution in [-0.4, -0.2) is 36.2 Å². The number of hydrogen-bond acceptors (Lipinski definition) is 4. The van der Waals surface area contributed by atoms with Crippen LogP contribution in [0.4, 0.5) is 11.4 Å². The van der Waals surface area contributed by atoms with Gasteiger partial charge in [-0.2, -0.15) is 0 Å². The first kappa shape index (κ1) is 14.1. The molecule has 7 heteroatoms. The van der Waals surface area contributed by atoms with Crippen LogP contribution in [0.3, 0.4) is 0 Å². The number of benzene rings is 1. The molecule has 0 aromatic heterocycles. The van der Waals surface area contributed by atoms with Crippen LogP contribution in [0.25, 0.3) is 0 Å². The fourth-order valence-electron chi connectivity index (χ4n) is 2.44. The Bertz CT molecular complexity index is 524. The molecule has 1 amide bonds. The molecule has 0 radical (unpaired) electrons. The molecule has 1 fully saturated rings. The zero-order valence-electron chi connectivity index (χ0n) is 11.3. The van der Waals surface area contributed by atoms with Gasteiger partial charge in [0.15, 0.2) is 0 Å². The summed E-state index contributed by atoms with van der Waals surface area (Å²) in [6, 6.07) is 4.94. The first-order valence-corrected chi connectivity index (χ1v) is 6.41. The monoisotopic (exact) mass is 280 g/mol. The Hall–Kier alpha value is -2.31. The van der Waals surface area contributed by atoms with E-state index in [9.17, 15) is 9.70 Å². The van der Waals surface area contributed by atoms with Gasteiger partial charge in [-0.25, -0.2) is 5.21 Å². The summed E-state index contributed by atoms with van der Waals surface area (Å²) in [7, 11) is 1.44. The predicted molar refractivity (Wildman–Crippen MR) is 72.2 cm³/mol. The Kier molecular flexibility index (Phi) is 4.07. The SMILES string of the molecule is COc1cc(N2CCC(C(N)=O)CC2)ccc1[N+](=O)O. The van der Waals surface area contributed by atoms with Crippen molar-refractivity contribution in [2.24, 2.45) is 11.7 Å². The first-order valence-electron chi connectivity index (χ1n) is 6.41. The minimum atomic E-state index is -0.250. The second kappa shape index (κ2) is 5.77. The third-order valence-electron chi connectivity index (χ3n) is 3.63. The van der Waals surface area contributed by atoms with E-state index in [0.29, 0.717) is 18.6 Å². The number of methoxy groups -OCH3 is 1. The van der Waals surface area contributed by atoms with E-state index in [-0.39, 0.29) is 22.4 Å². The summed E-state index contributed by atoms with van der Waals surface area (Å²) in [4.78, 5) is 24.0. The second-order valence-electron chi connectivity index (χ2n) is 4.79. The largest absolute Gasteiger partial charge is 0.490 e. The van der Waals surface area contributed by atoms with Crippen LogP contribution < -0.4 is 15.4 Å². The van der Waals surface area contributed by atoms with E-state index in [1.165, 1.54) is 13.2 Å². The average molecular weight is 280 g/mol. The molecule has 0 spiro atoms. The zero-order chi connectivity index (χ0) is 14.7. The number of rotatable bonds is 4. The van der Waals surface area contributed by atoms with Crippen LogP contribution >= 0.6 is 0 Å². The molecule has 7 nitrogen and oxygen atoms in total. The summed E-state index contributed by atoms with van der Waals surface area (Å²) in [5.74, 6) is -0.0149. The van der Waals surface area contributed by atoms with Crippen LogP contribution in [0.15, 0.2) is 18.2 Å². The van der Waals surface area contributed by atoms with Gasteiger partial charge in [0.2, 0.25) is 11.7 Å². The van der Waals surface area contributed by atoms with Crippen LogP contribution in [0, 0.1) is 10.8 Å². The number of carbonyl (C=O) groups excluding carboxylic acids is 1. The van der Waals surface area contributed by atoms with Gasteiger partial charge in [-0.05, 0) is 18.9 Å². The summed E-state index contributed by atoms with van der Waals surface area (Å²) in [6.45, 7) is 1.44.